The number of amides is 1. The highest BCUT2D eigenvalue weighted by atomic mass is 79.9. The molecule has 1 heterocycles. The van der Waals surface area contributed by atoms with Crippen molar-refractivity contribution in [3.05, 3.63) is 64.1 Å². The van der Waals surface area contributed by atoms with Crippen molar-refractivity contribution in [3.8, 4) is 0 Å². The van der Waals surface area contributed by atoms with Crippen molar-refractivity contribution in [3.63, 3.8) is 0 Å². The Kier molecular flexibility index (Phi) is 5.66. The summed E-state index contributed by atoms with van der Waals surface area (Å²) in [5.41, 5.74) is 2.45. The maximum Gasteiger partial charge on any atom is 0.308 e. The van der Waals surface area contributed by atoms with Gasteiger partial charge < -0.3 is 15.2 Å². The van der Waals surface area contributed by atoms with Crippen LogP contribution >= 0.6 is 15.9 Å². The number of hydrogen-bond donors (Lipinski definition) is 2. The van der Waals surface area contributed by atoms with E-state index in [1.807, 2.05) is 36.4 Å². The summed E-state index contributed by atoms with van der Waals surface area (Å²) in [6.07, 6.45) is -2.13. The van der Waals surface area contributed by atoms with Gasteiger partial charge in [0.1, 0.15) is 0 Å². The Morgan fingerprint density at radius 2 is 1.89 bits per heavy atom. The van der Waals surface area contributed by atoms with Crippen molar-refractivity contribution in [2.24, 2.45) is 4.99 Å². The number of anilines is 1. The van der Waals surface area contributed by atoms with E-state index in [9.17, 15) is 14.4 Å². The van der Waals surface area contributed by atoms with Crippen molar-refractivity contribution >= 4 is 45.2 Å². The van der Waals surface area contributed by atoms with E-state index >= 15 is 0 Å². The fourth-order valence-electron chi connectivity index (χ4n) is 2.56. The Bertz CT molecular complexity index is 927. The van der Waals surface area contributed by atoms with Crippen LogP contribution in [0.4, 0.5) is 5.69 Å². The first-order chi connectivity index (χ1) is 12.9. The van der Waals surface area contributed by atoms with Gasteiger partial charge >= 0.3 is 11.9 Å². The number of benzodiazepines with no additional fused rings is 1. The lowest BCUT2D eigenvalue weighted by molar-refractivity contribution is -0.155. The van der Waals surface area contributed by atoms with Crippen molar-refractivity contribution in [1.29, 1.82) is 0 Å². The minimum Gasteiger partial charge on any atom is -0.481 e. The normalized spacial score (nSPS) is 15.8. The van der Waals surface area contributed by atoms with E-state index in [4.69, 9.17) is 9.84 Å². The number of benzene rings is 2. The number of rotatable bonds is 5. The van der Waals surface area contributed by atoms with Gasteiger partial charge in [0.25, 0.3) is 12.1 Å². The van der Waals surface area contributed by atoms with Gasteiger partial charge in [0.15, 0.2) is 0 Å². The molecule has 0 unspecified atom stereocenters. The maximum atomic E-state index is 12.5. The highest BCUT2D eigenvalue weighted by Gasteiger charge is 2.29. The van der Waals surface area contributed by atoms with Crippen LogP contribution in [0.15, 0.2) is 58.0 Å². The van der Waals surface area contributed by atoms with Crippen LogP contribution in [0.1, 0.15) is 24.0 Å². The predicted molar refractivity (Wildman–Crippen MR) is 102 cm³/mol. The van der Waals surface area contributed by atoms with Crippen LogP contribution in [0.2, 0.25) is 0 Å². The summed E-state index contributed by atoms with van der Waals surface area (Å²) in [5, 5.41) is 11.4. The van der Waals surface area contributed by atoms with Crippen LogP contribution in [0, 0.1) is 0 Å². The molecule has 2 aromatic rings. The van der Waals surface area contributed by atoms with Crippen LogP contribution in [-0.2, 0) is 19.1 Å². The number of carbonyl (C=O) groups excluding carboxylic acids is 2. The average Bonchev–Trinajstić information content (AvgIpc) is 2.78. The SMILES string of the molecule is O=C(O)CCC(=O)O[C@H]1N=C(c2ccccc2)c2cc(Br)ccc2NC1=O. The fourth-order valence-corrected chi connectivity index (χ4v) is 2.92. The average molecular weight is 431 g/mol. The topological polar surface area (TPSA) is 105 Å². The summed E-state index contributed by atoms with van der Waals surface area (Å²) in [4.78, 5) is 39.4. The molecule has 0 aliphatic carbocycles. The molecule has 0 fully saturated rings. The Balaban J connectivity index is 1.99. The zero-order valence-electron chi connectivity index (χ0n) is 14.0. The van der Waals surface area contributed by atoms with Gasteiger partial charge in [-0.3, -0.25) is 14.4 Å². The Morgan fingerprint density at radius 1 is 1.15 bits per heavy atom. The number of nitrogens with one attached hydrogen (secondary N) is 1. The molecule has 0 saturated heterocycles. The summed E-state index contributed by atoms with van der Waals surface area (Å²) in [6, 6.07) is 14.5. The predicted octanol–water partition coefficient (Wildman–Crippen LogP) is 2.97. The molecule has 1 aliphatic heterocycles. The van der Waals surface area contributed by atoms with Gasteiger partial charge in [-0.2, -0.15) is 0 Å². The molecule has 0 bridgehead atoms. The summed E-state index contributed by atoms with van der Waals surface area (Å²) >= 11 is 3.41. The van der Waals surface area contributed by atoms with Gasteiger partial charge in [0.2, 0.25) is 0 Å². The second kappa shape index (κ2) is 8.13. The quantitative estimate of drug-likeness (QED) is 0.709. The smallest absolute Gasteiger partial charge is 0.308 e. The first-order valence-electron chi connectivity index (χ1n) is 8.09. The standard InChI is InChI=1S/C19H15BrN2O5/c20-12-6-7-14-13(10-12)17(11-4-2-1-3-5-11)22-19(18(26)21-14)27-16(25)9-8-15(23)24/h1-7,10,19H,8-9H2,(H,21,26)(H,23,24)/t19-/m1/s1. The molecule has 1 amide bonds. The molecule has 3 rings (SSSR count). The van der Waals surface area contributed by atoms with E-state index in [0.717, 1.165) is 10.0 Å². The van der Waals surface area contributed by atoms with E-state index < -0.39 is 24.1 Å². The highest BCUT2D eigenvalue weighted by Crippen LogP contribution is 2.27. The number of esters is 1. The van der Waals surface area contributed by atoms with Crippen LogP contribution in [0.5, 0.6) is 0 Å². The zero-order valence-corrected chi connectivity index (χ0v) is 15.6. The number of carbonyl (C=O) groups is 3. The Hall–Kier alpha value is -3.00. The van der Waals surface area contributed by atoms with Gasteiger partial charge in [0.05, 0.1) is 24.2 Å². The second-order valence-electron chi connectivity index (χ2n) is 5.76. The minimum atomic E-state index is -1.41. The number of aliphatic carboxylic acids is 1. The molecule has 0 radical (unpaired) electrons. The highest BCUT2D eigenvalue weighted by molar-refractivity contribution is 9.10. The molecule has 0 aromatic heterocycles. The van der Waals surface area contributed by atoms with Gasteiger partial charge in [-0.05, 0) is 18.2 Å². The summed E-state index contributed by atoms with van der Waals surface area (Å²) in [7, 11) is 0. The molecule has 2 N–H and O–H groups in total. The van der Waals surface area contributed by atoms with Crippen LogP contribution in [0.3, 0.4) is 0 Å². The molecular weight excluding hydrogens is 416 g/mol. The molecule has 1 aliphatic rings. The lowest BCUT2D eigenvalue weighted by atomic mass is 10.0. The number of carboxylic acids is 1. The van der Waals surface area contributed by atoms with E-state index in [1.165, 1.54) is 0 Å². The number of nitrogens with zero attached hydrogens (tertiary/aromatic N) is 1. The van der Waals surface area contributed by atoms with Gasteiger partial charge in [-0.25, -0.2) is 4.99 Å². The Morgan fingerprint density at radius 3 is 2.59 bits per heavy atom. The number of aliphatic imine (C=N–C) groups is 1. The Labute approximate surface area is 163 Å². The number of hydrogen-bond acceptors (Lipinski definition) is 5. The molecule has 1 atom stereocenters. The summed E-state index contributed by atoms with van der Waals surface area (Å²) < 4.78 is 5.94. The lowest BCUT2D eigenvalue weighted by Gasteiger charge is -2.12. The van der Waals surface area contributed by atoms with E-state index in [-0.39, 0.29) is 12.8 Å². The second-order valence-corrected chi connectivity index (χ2v) is 6.67. The third-order valence-corrected chi connectivity index (χ3v) is 4.29. The van der Waals surface area contributed by atoms with Gasteiger partial charge in [0, 0.05) is 15.6 Å². The third-order valence-electron chi connectivity index (χ3n) is 3.80. The molecule has 0 spiro atoms. The molecule has 2 aromatic carbocycles. The van der Waals surface area contributed by atoms with E-state index in [1.54, 1.807) is 12.1 Å². The molecule has 27 heavy (non-hydrogen) atoms. The van der Waals surface area contributed by atoms with E-state index in [0.29, 0.717) is 17.0 Å². The maximum absolute atomic E-state index is 12.5. The van der Waals surface area contributed by atoms with E-state index in [2.05, 4.69) is 26.2 Å². The lowest BCUT2D eigenvalue weighted by Crippen LogP contribution is -2.30. The van der Waals surface area contributed by atoms with Crippen molar-refractivity contribution in [2.45, 2.75) is 19.1 Å². The molecule has 0 saturated carbocycles. The van der Waals surface area contributed by atoms with Crippen LogP contribution in [0.25, 0.3) is 0 Å². The minimum absolute atomic E-state index is 0.339. The number of halogens is 1. The molecule has 7 nitrogen and oxygen atoms in total. The summed E-state index contributed by atoms with van der Waals surface area (Å²) in [5.74, 6) is -2.53. The van der Waals surface area contributed by atoms with Crippen molar-refractivity contribution in [2.75, 3.05) is 5.32 Å². The first kappa shape index (κ1) is 18.8. The zero-order chi connectivity index (χ0) is 19.4. The molecule has 8 heteroatoms. The van der Waals surface area contributed by atoms with Crippen LogP contribution < -0.4 is 5.32 Å². The molecular formula is C19H15BrN2O5. The van der Waals surface area contributed by atoms with Crippen LogP contribution in [-0.4, -0.2) is 34.9 Å². The van der Waals surface area contributed by atoms with Gasteiger partial charge in [-0.1, -0.05) is 46.3 Å². The molecule has 138 valence electrons. The number of fused-ring (bicyclic) bond motifs is 1. The third kappa shape index (κ3) is 4.59. The van der Waals surface area contributed by atoms with Gasteiger partial charge in [-0.15, -0.1) is 0 Å². The van der Waals surface area contributed by atoms with Crippen molar-refractivity contribution < 1.29 is 24.2 Å². The monoisotopic (exact) mass is 430 g/mol. The first-order valence-corrected chi connectivity index (χ1v) is 8.88. The summed E-state index contributed by atoms with van der Waals surface area (Å²) in [6.45, 7) is 0. The van der Waals surface area contributed by atoms with Crippen molar-refractivity contribution in [1.82, 2.24) is 0 Å². The largest absolute Gasteiger partial charge is 0.481 e. The fraction of sp³-hybridized carbons (Fsp3) is 0.158. The number of ether oxygens (including phenoxy) is 1. The number of carboxylic acid groups (broad SMARTS) is 1.